The van der Waals surface area contributed by atoms with Crippen LogP contribution in [0.3, 0.4) is 0 Å². The number of ether oxygens (including phenoxy) is 10. The Morgan fingerprint density at radius 2 is 0.938 bits per heavy atom. The molecular formula is C37H48O11. The number of aliphatic hydroxyl groups is 1. The van der Waals surface area contributed by atoms with Crippen LogP contribution in [0, 0.1) is 0 Å². The van der Waals surface area contributed by atoms with Gasteiger partial charge in [0.2, 0.25) is 0 Å². The number of methoxy groups -OCH3 is 4. The van der Waals surface area contributed by atoms with Gasteiger partial charge in [-0.05, 0) is 16.7 Å². The van der Waals surface area contributed by atoms with E-state index in [1.54, 1.807) is 28.4 Å². The van der Waals surface area contributed by atoms with Gasteiger partial charge in [0.15, 0.2) is 12.6 Å². The topological polar surface area (TPSA) is 113 Å². The summed E-state index contributed by atoms with van der Waals surface area (Å²) in [5.74, 6) is 0. The third-order valence-corrected chi connectivity index (χ3v) is 8.63. The fraction of sp³-hybridized carbons (Fsp3) is 0.514. The van der Waals surface area contributed by atoms with Gasteiger partial charge < -0.3 is 52.5 Å². The average Bonchev–Trinajstić information content (AvgIpc) is 3.13. The summed E-state index contributed by atoms with van der Waals surface area (Å²) in [6.07, 6.45) is -7.34. The van der Waals surface area contributed by atoms with Gasteiger partial charge >= 0.3 is 0 Å². The predicted octanol–water partition coefficient (Wildman–Crippen LogP) is 3.89. The van der Waals surface area contributed by atoms with Crippen molar-refractivity contribution in [2.75, 3.05) is 41.7 Å². The maximum atomic E-state index is 11.4. The zero-order valence-corrected chi connectivity index (χ0v) is 28.0. The first-order valence-electron chi connectivity index (χ1n) is 16.2. The molecule has 0 radical (unpaired) electrons. The number of rotatable bonds is 17. The fourth-order valence-corrected chi connectivity index (χ4v) is 6.20. The number of aliphatic hydroxyl groups excluding tert-OH is 1. The summed E-state index contributed by atoms with van der Waals surface area (Å²) in [7, 11) is 6.34. The fourth-order valence-electron chi connectivity index (χ4n) is 6.20. The van der Waals surface area contributed by atoms with Crippen LogP contribution in [0.1, 0.15) is 16.7 Å². The highest BCUT2D eigenvalue weighted by Gasteiger charge is 2.51. The Morgan fingerprint density at radius 1 is 0.479 bits per heavy atom. The Kier molecular flexibility index (Phi) is 14.3. The molecule has 48 heavy (non-hydrogen) atoms. The molecule has 10 atom stereocenters. The molecule has 2 saturated heterocycles. The van der Waals surface area contributed by atoms with Crippen molar-refractivity contribution in [1.29, 1.82) is 0 Å². The van der Waals surface area contributed by atoms with Gasteiger partial charge in [-0.15, -0.1) is 0 Å². The third kappa shape index (κ3) is 9.46. The van der Waals surface area contributed by atoms with Crippen LogP contribution < -0.4 is 0 Å². The molecule has 2 heterocycles. The van der Waals surface area contributed by atoms with E-state index in [0.29, 0.717) is 0 Å². The molecule has 0 amide bonds. The SMILES string of the molecule is COC[C@H]1O[C@H](OC[C@H]2O[C@@H](O)[C@H](OCc3ccccc3)[C@@H](OCc3ccccc3)[C@H]2OCc2ccccc2)[C@H](OC)[C@@H](OC)[C@@H]1OC. The second kappa shape index (κ2) is 18.8. The van der Waals surface area contributed by atoms with Crippen molar-refractivity contribution >= 4 is 0 Å². The van der Waals surface area contributed by atoms with Crippen molar-refractivity contribution < 1.29 is 52.5 Å². The monoisotopic (exact) mass is 668 g/mol. The summed E-state index contributed by atoms with van der Waals surface area (Å²) in [6, 6.07) is 29.4. The maximum Gasteiger partial charge on any atom is 0.187 e. The first kappa shape index (κ1) is 36.5. The molecule has 3 aromatic carbocycles. The summed E-state index contributed by atoms with van der Waals surface area (Å²) < 4.78 is 61.1. The van der Waals surface area contributed by atoms with Crippen LogP contribution in [0.15, 0.2) is 91.0 Å². The number of hydrogen-bond donors (Lipinski definition) is 1. The molecule has 2 fully saturated rings. The van der Waals surface area contributed by atoms with Gasteiger partial charge in [-0.1, -0.05) is 91.0 Å². The lowest BCUT2D eigenvalue weighted by Gasteiger charge is -2.46. The molecule has 2 aliphatic heterocycles. The largest absolute Gasteiger partial charge is 0.382 e. The first-order chi connectivity index (χ1) is 23.6. The van der Waals surface area contributed by atoms with Crippen molar-refractivity contribution in [3.63, 3.8) is 0 Å². The van der Waals surface area contributed by atoms with Gasteiger partial charge in [0.25, 0.3) is 0 Å². The number of hydrogen-bond acceptors (Lipinski definition) is 11. The zero-order valence-electron chi connectivity index (χ0n) is 28.0. The molecule has 3 aromatic rings. The molecule has 0 bridgehead atoms. The van der Waals surface area contributed by atoms with E-state index in [4.69, 9.17) is 47.4 Å². The van der Waals surface area contributed by atoms with Gasteiger partial charge in [0.1, 0.15) is 48.8 Å². The van der Waals surface area contributed by atoms with Gasteiger partial charge in [0.05, 0.1) is 33.0 Å². The van der Waals surface area contributed by atoms with E-state index < -0.39 is 61.4 Å². The average molecular weight is 669 g/mol. The van der Waals surface area contributed by atoms with Crippen molar-refractivity contribution in [1.82, 2.24) is 0 Å². The maximum absolute atomic E-state index is 11.4. The normalized spacial score (nSPS) is 30.7. The summed E-state index contributed by atoms with van der Waals surface area (Å²) in [5, 5.41) is 11.4. The van der Waals surface area contributed by atoms with Crippen molar-refractivity contribution in [2.45, 2.75) is 81.2 Å². The lowest BCUT2D eigenvalue weighted by Crippen LogP contribution is -2.63. The Balaban J connectivity index is 1.40. The van der Waals surface area contributed by atoms with Crippen molar-refractivity contribution in [2.24, 2.45) is 0 Å². The Bertz CT molecular complexity index is 1300. The molecule has 1 N–H and O–H groups in total. The van der Waals surface area contributed by atoms with E-state index >= 15 is 0 Å². The molecular weight excluding hydrogens is 620 g/mol. The van der Waals surface area contributed by atoms with Gasteiger partial charge in [-0.2, -0.15) is 0 Å². The van der Waals surface area contributed by atoms with Crippen LogP contribution in [0.25, 0.3) is 0 Å². The first-order valence-corrected chi connectivity index (χ1v) is 16.2. The van der Waals surface area contributed by atoms with Crippen molar-refractivity contribution in [3.8, 4) is 0 Å². The van der Waals surface area contributed by atoms with Crippen LogP contribution in [-0.2, 0) is 67.2 Å². The summed E-state index contributed by atoms with van der Waals surface area (Å²) in [6.45, 7) is 1.02. The molecule has 0 aromatic heterocycles. The smallest absolute Gasteiger partial charge is 0.187 e. The van der Waals surface area contributed by atoms with Gasteiger partial charge in [-0.3, -0.25) is 0 Å². The van der Waals surface area contributed by atoms with Crippen LogP contribution in [0.4, 0.5) is 0 Å². The lowest BCUT2D eigenvalue weighted by molar-refractivity contribution is -0.342. The predicted molar refractivity (Wildman–Crippen MR) is 175 cm³/mol. The molecule has 262 valence electrons. The van der Waals surface area contributed by atoms with Gasteiger partial charge in [-0.25, -0.2) is 0 Å². The van der Waals surface area contributed by atoms with Crippen LogP contribution in [0.5, 0.6) is 0 Å². The summed E-state index contributed by atoms with van der Waals surface area (Å²) in [4.78, 5) is 0. The van der Waals surface area contributed by atoms with Gasteiger partial charge in [0, 0.05) is 28.4 Å². The van der Waals surface area contributed by atoms with Crippen molar-refractivity contribution in [3.05, 3.63) is 108 Å². The third-order valence-electron chi connectivity index (χ3n) is 8.63. The molecule has 0 aliphatic carbocycles. The van der Waals surface area contributed by atoms with Crippen LogP contribution in [-0.4, -0.2) is 108 Å². The van der Waals surface area contributed by atoms with E-state index in [-0.39, 0.29) is 33.0 Å². The minimum atomic E-state index is -1.34. The minimum Gasteiger partial charge on any atom is -0.382 e. The van der Waals surface area contributed by atoms with E-state index in [1.165, 1.54) is 0 Å². The highest BCUT2D eigenvalue weighted by molar-refractivity contribution is 5.15. The van der Waals surface area contributed by atoms with E-state index in [2.05, 4.69) is 0 Å². The standard InChI is InChI=1S/C37H48O11/c1-39-23-28-30(40-2)32(41-3)35(42-4)37(48-28)46-24-29-31(43-20-25-14-8-5-9-15-25)33(44-21-26-16-10-6-11-17-26)34(36(38)47-29)45-22-27-18-12-7-13-19-27/h5-19,28-38H,20-24H2,1-4H3/t28-,29-,30-,31+,32+,33+,34-,35-,36-,37+/m1/s1. The molecule has 11 heteroatoms. The Hall–Kier alpha value is -2.78. The quantitative estimate of drug-likeness (QED) is 0.226. The highest BCUT2D eigenvalue weighted by Crippen LogP contribution is 2.32. The summed E-state index contributed by atoms with van der Waals surface area (Å²) in [5.41, 5.74) is 2.89. The Morgan fingerprint density at radius 3 is 1.42 bits per heavy atom. The highest BCUT2D eigenvalue weighted by atomic mass is 16.7. The molecule has 0 spiro atoms. The minimum absolute atomic E-state index is 0.0224. The second-order valence-corrected chi connectivity index (χ2v) is 11.8. The number of benzene rings is 3. The zero-order chi connectivity index (χ0) is 33.7. The van der Waals surface area contributed by atoms with Crippen LogP contribution in [0.2, 0.25) is 0 Å². The molecule has 2 aliphatic rings. The molecule has 0 saturated carbocycles. The van der Waals surface area contributed by atoms with E-state index in [9.17, 15) is 5.11 Å². The molecule has 5 rings (SSSR count). The lowest BCUT2D eigenvalue weighted by atomic mass is 9.97. The van der Waals surface area contributed by atoms with Crippen LogP contribution >= 0.6 is 0 Å². The molecule has 0 unspecified atom stereocenters. The van der Waals surface area contributed by atoms with E-state index in [0.717, 1.165) is 16.7 Å². The Labute approximate surface area is 282 Å². The summed E-state index contributed by atoms with van der Waals surface area (Å²) >= 11 is 0. The van der Waals surface area contributed by atoms with E-state index in [1.807, 2.05) is 91.0 Å². The second-order valence-electron chi connectivity index (χ2n) is 11.8. The molecule has 11 nitrogen and oxygen atoms in total.